The van der Waals surface area contributed by atoms with E-state index in [9.17, 15) is 9.59 Å². The van der Waals surface area contributed by atoms with Crippen LogP contribution in [0.4, 0.5) is 4.79 Å². The number of benzene rings is 3. The van der Waals surface area contributed by atoms with Crippen molar-refractivity contribution in [2.24, 2.45) is 0 Å². The predicted octanol–water partition coefficient (Wildman–Crippen LogP) is 5.07. The Balaban J connectivity index is 1.37. The van der Waals surface area contributed by atoms with Crippen molar-refractivity contribution < 1.29 is 19.1 Å². The zero-order valence-electron chi connectivity index (χ0n) is 21.1. The van der Waals surface area contributed by atoms with Crippen LogP contribution in [-0.4, -0.2) is 43.4 Å². The van der Waals surface area contributed by atoms with Crippen LogP contribution in [0.5, 0.6) is 0 Å². The van der Waals surface area contributed by atoms with Gasteiger partial charge in [0.25, 0.3) is 0 Å². The standard InChI is InChI=1S/C30H34N2O4/c1-30(2,3)36-28(33)19-31-18-22(17-21-11-5-4-6-12-21)32-29(34)35-20-27-25-15-9-7-13-23(25)24-14-8-10-16-26(24)27/h4-16,22,27,31H,17-20H2,1-3H3,(H,32,34)/t22-/m0/s1. The summed E-state index contributed by atoms with van der Waals surface area (Å²) in [7, 11) is 0. The maximum atomic E-state index is 12.9. The molecule has 4 rings (SSSR count). The predicted molar refractivity (Wildman–Crippen MR) is 141 cm³/mol. The monoisotopic (exact) mass is 486 g/mol. The molecule has 0 spiro atoms. The Labute approximate surface area is 213 Å². The summed E-state index contributed by atoms with van der Waals surface area (Å²) >= 11 is 0. The number of carbonyl (C=O) groups excluding carboxylic acids is 2. The van der Waals surface area contributed by atoms with Gasteiger partial charge in [-0.15, -0.1) is 0 Å². The van der Waals surface area contributed by atoms with E-state index in [2.05, 4.69) is 34.9 Å². The summed E-state index contributed by atoms with van der Waals surface area (Å²) < 4.78 is 11.1. The normalized spacial score (nSPS) is 13.4. The molecule has 6 heteroatoms. The van der Waals surface area contributed by atoms with Crippen LogP contribution in [0.2, 0.25) is 0 Å². The van der Waals surface area contributed by atoms with E-state index in [4.69, 9.17) is 9.47 Å². The highest BCUT2D eigenvalue weighted by molar-refractivity contribution is 5.79. The number of amides is 1. The highest BCUT2D eigenvalue weighted by Crippen LogP contribution is 2.44. The number of nitrogens with one attached hydrogen (secondary N) is 2. The molecule has 0 heterocycles. The Morgan fingerprint density at radius 2 is 1.44 bits per heavy atom. The van der Waals surface area contributed by atoms with Gasteiger partial charge < -0.3 is 20.1 Å². The fourth-order valence-electron chi connectivity index (χ4n) is 4.61. The minimum absolute atomic E-state index is 0.000941. The highest BCUT2D eigenvalue weighted by Gasteiger charge is 2.29. The van der Waals surface area contributed by atoms with E-state index in [0.29, 0.717) is 13.0 Å². The molecule has 6 nitrogen and oxygen atoms in total. The molecule has 0 fully saturated rings. The molecule has 1 aliphatic carbocycles. The molecule has 0 bridgehead atoms. The third-order valence-electron chi connectivity index (χ3n) is 6.07. The molecule has 0 aromatic heterocycles. The lowest BCUT2D eigenvalue weighted by Crippen LogP contribution is -2.45. The Bertz CT molecular complexity index is 1140. The molecular weight excluding hydrogens is 452 g/mol. The van der Waals surface area contributed by atoms with Gasteiger partial charge in [-0.05, 0) is 55.0 Å². The molecule has 0 saturated carbocycles. The summed E-state index contributed by atoms with van der Waals surface area (Å²) in [6, 6.07) is 26.2. The minimum Gasteiger partial charge on any atom is -0.459 e. The second kappa shape index (κ2) is 11.4. The largest absolute Gasteiger partial charge is 0.459 e. The van der Waals surface area contributed by atoms with E-state index >= 15 is 0 Å². The lowest BCUT2D eigenvalue weighted by atomic mass is 9.98. The fraction of sp³-hybridized carbons (Fsp3) is 0.333. The summed E-state index contributed by atoms with van der Waals surface area (Å²) in [5.74, 6) is -0.330. The molecule has 2 N–H and O–H groups in total. The van der Waals surface area contributed by atoms with Crippen LogP contribution in [0, 0.1) is 0 Å². The molecule has 3 aromatic rings. The Hall–Kier alpha value is -3.64. The number of esters is 1. The van der Waals surface area contributed by atoms with Crippen molar-refractivity contribution in [1.82, 2.24) is 10.6 Å². The first-order valence-corrected chi connectivity index (χ1v) is 12.4. The van der Waals surface area contributed by atoms with E-state index in [1.165, 1.54) is 22.3 Å². The van der Waals surface area contributed by atoms with Gasteiger partial charge in [-0.3, -0.25) is 4.79 Å². The van der Waals surface area contributed by atoms with Gasteiger partial charge in [0, 0.05) is 18.5 Å². The molecule has 0 unspecified atom stereocenters. The molecule has 0 aliphatic heterocycles. The maximum absolute atomic E-state index is 12.9. The van der Waals surface area contributed by atoms with Crippen molar-refractivity contribution in [3.05, 3.63) is 95.6 Å². The molecular formula is C30H34N2O4. The number of hydrogen-bond acceptors (Lipinski definition) is 5. The topological polar surface area (TPSA) is 76.7 Å². The maximum Gasteiger partial charge on any atom is 0.407 e. The SMILES string of the molecule is CC(C)(C)OC(=O)CNC[C@H](Cc1ccccc1)NC(=O)OCC1c2ccccc2-c2ccccc21. The molecule has 3 aromatic carbocycles. The number of carbonyl (C=O) groups is 2. The average Bonchev–Trinajstić information content (AvgIpc) is 3.16. The van der Waals surface area contributed by atoms with Crippen molar-refractivity contribution in [2.45, 2.75) is 44.8 Å². The highest BCUT2D eigenvalue weighted by atomic mass is 16.6. The van der Waals surface area contributed by atoms with Crippen LogP contribution in [0.1, 0.15) is 43.4 Å². The average molecular weight is 487 g/mol. The van der Waals surface area contributed by atoms with Crippen molar-refractivity contribution in [2.75, 3.05) is 19.7 Å². The lowest BCUT2D eigenvalue weighted by Gasteiger charge is -2.22. The van der Waals surface area contributed by atoms with Crippen LogP contribution in [0.15, 0.2) is 78.9 Å². The summed E-state index contributed by atoms with van der Waals surface area (Å²) in [6.45, 7) is 6.22. The van der Waals surface area contributed by atoms with Gasteiger partial charge in [-0.2, -0.15) is 0 Å². The van der Waals surface area contributed by atoms with Crippen molar-refractivity contribution in [3.63, 3.8) is 0 Å². The molecule has 1 aliphatic rings. The second-order valence-electron chi connectivity index (χ2n) is 10.1. The van der Waals surface area contributed by atoms with E-state index < -0.39 is 11.7 Å². The van der Waals surface area contributed by atoms with Crippen LogP contribution in [-0.2, 0) is 20.7 Å². The van der Waals surface area contributed by atoms with E-state index in [-0.39, 0.29) is 31.1 Å². The van der Waals surface area contributed by atoms with Gasteiger partial charge >= 0.3 is 12.1 Å². The van der Waals surface area contributed by atoms with Crippen molar-refractivity contribution >= 4 is 12.1 Å². The molecule has 188 valence electrons. The van der Waals surface area contributed by atoms with E-state index in [1.807, 2.05) is 75.4 Å². The molecule has 0 saturated heterocycles. The van der Waals surface area contributed by atoms with E-state index in [0.717, 1.165) is 5.56 Å². The first-order chi connectivity index (χ1) is 17.3. The number of alkyl carbamates (subject to hydrolysis) is 1. The van der Waals surface area contributed by atoms with Crippen LogP contribution in [0.3, 0.4) is 0 Å². The number of fused-ring (bicyclic) bond motifs is 3. The Morgan fingerprint density at radius 1 is 0.861 bits per heavy atom. The van der Waals surface area contributed by atoms with Crippen molar-refractivity contribution in [1.29, 1.82) is 0 Å². The van der Waals surface area contributed by atoms with Crippen LogP contribution in [0.25, 0.3) is 11.1 Å². The Morgan fingerprint density at radius 3 is 2.06 bits per heavy atom. The fourth-order valence-corrected chi connectivity index (χ4v) is 4.61. The summed E-state index contributed by atoms with van der Waals surface area (Å²) in [6.07, 6.45) is 0.128. The minimum atomic E-state index is -0.540. The summed E-state index contributed by atoms with van der Waals surface area (Å²) in [5, 5.41) is 6.10. The molecule has 0 radical (unpaired) electrons. The third kappa shape index (κ3) is 6.73. The molecule has 36 heavy (non-hydrogen) atoms. The number of hydrogen-bond donors (Lipinski definition) is 2. The number of rotatable bonds is 9. The van der Waals surface area contributed by atoms with Crippen molar-refractivity contribution in [3.8, 4) is 11.1 Å². The number of ether oxygens (including phenoxy) is 2. The molecule has 1 atom stereocenters. The zero-order valence-corrected chi connectivity index (χ0v) is 21.1. The summed E-state index contributed by atoms with van der Waals surface area (Å²) in [4.78, 5) is 24.9. The van der Waals surface area contributed by atoms with Gasteiger partial charge in [0.1, 0.15) is 12.2 Å². The molecule has 1 amide bonds. The Kier molecular flexibility index (Phi) is 8.06. The van der Waals surface area contributed by atoms with E-state index in [1.54, 1.807) is 0 Å². The quantitative estimate of drug-likeness (QED) is 0.413. The van der Waals surface area contributed by atoms with Gasteiger partial charge in [0.15, 0.2) is 0 Å². The van der Waals surface area contributed by atoms with Crippen LogP contribution >= 0.6 is 0 Å². The van der Waals surface area contributed by atoms with Gasteiger partial charge in [-0.1, -0.05) is 78.9 Å². The van der Waals surface area contributed by atoms with Crippen LogP contribution < -0.4 is 10.6 Å². The third-order valence-corrected chi connectivity index (χ3v) is 6.07. The van der Waals surface area contributed by atoms with Gasteiger partial charge in [-0.25, -0.2) is 4.79 Å². The smallest absolute Gasteiger partial charge is 0.407 e. The lowest BCUT2D eigenvalue weighted by molar-refractivity contribution is -0.153. The van der Waals surface area contributed by atoms with Gasteiger partial charge in [0.05, 0.1) is 6.54 Å². The zero-order chi connectivity index (χ0) is 25.5. The van der Waals surface area contributed by atoms with Gasteiger partial charge in [0.2, 0.25) is 0 Å². The summed E-state index contributed by atoms with van der Waals surface area (Å²) in [5.41, 5.74) is 5.27. The first-order valence-electron chi connectivity index (χ1n) is 12.4. The second-order valence-corrected chi connectivity index (χ2v) is 10.1. The first kappa shape index (κ1) is 25.5.